The van der Waals surface area contributed by atoms with Gasteiger partial charge in [0.1, 0.15) is 5.82 Å². The fourth-order valence-corrected chi connectivity index (χ4v) is 4.75. The molecule has 0 amide bonds. The number of anilines is 1. The highest BCUT2D eigenvalue weighted by Crippen LogP contribution is 2.43. The molecule has 0 bridgehead atoms. The molecule has 1 aromatic heterocycles. The van der Waals surface area contributed by atoms with E-state index in [0.717, 1.165) is 29.6 Å². The number of ether oxygens (including phenoxy) is 2. The summed E-state index contributed by atoms with van der Waals surface area (Å²) in [5.41, 5.74) is 1.67. The average molecular weight is 438 g/mol. The van der Waals surface area contributed by atoms with Gasteiger partial charge in [0, 0.05) is 24.2 Å². The summed E-state index contributed by atoms with van der Waals surface area (Å²) >= 11 is 0. The van der Waals surface area contributed by atoms with Gasteiger partial charge in [-0.2, -0.15) is 18.3 Å². The summed E-state index contributed by atoms with van der Waals surface area (Å²) in [7, 11) is 3.21. The Labute approximate surface area is 180 Å². The van der Waals surface area contributed by atoms with Gasteiger partial charge in [0.25, 0.3) is 0 Å². The van der Waals surface area contributed by atoms with E-state index in [1.54, 1.807) is 20.3 Å². The molecule has 9 heteroatoms. The molecule has 1 saturated heterocycles. The van der Waals surface area contributed by atoms with Crippen LogP contribution in [0.5, 0.6) is 11.5 Å². The van der Waals surface area contributed by atoms with Gasteiger partial charge in [-0.15, -0.1) is 0 Å². The van der Waals surface area contributed by atoms with Crippen LogP contribution in [0, 0.1) is 0 Å². The van der Waals surface area contributed by atoms with Gasteiger partial charge in [-0.05, 0) is 38.3 Å². The lowest BCUT2D eigenvalue weighted by atomic mass is 10.0. The van der Waals surface area contributed by atoms with Crippen molar-refractivity contribution in [2.45, 2.75) is 63.5 Å². The van der Waals surface area contributed by atoms with Gasteiger partial charge in [-0.25, -0.2) is 4.68 Å². The smallest absolute Gasteiger partial charge is 0.410 e. The number of methoxy groups -OCH3 is 2. The van der Waals surface area contributed by atoms with E-state index in [9.17, 15) is 13.2 Å². The molecule has 0 spiro atoms. The molecule has 0 radical (unpaired) electrons. The van der Waals surface area contributed by atoms with Crippen molar-refractivity contribution in [1.29, 1.82) is 0 Å². The highest BCUT2D eigenvalue weighted by Gasteiger charge is 2.46. The van der Waals surface area contributed by atoms with Crippen LogP contribution in [-0.2, 0) is 6.54 Å². The second-order valence-corrected chi connectivity index (χ2v) is 8.22. The molecule has 0 aliphatic carbocycles. The number of benzene rings is 1. The molecule has 1 unspecified atom stereocenters. The van der Waals surface area contributed by atoms with E-state index in [4.69, 9.17) is 9.47 Å². The van der Waals surface area contributed by atoms with E-state index in [-0.39, 0.29) is 18.5 Å². The Morgan fingerprint density at radius 1 is 1.23 bits per heavy atom. The van der Waals surface area contributed by atoms with E-state index in [1.807, 2.05) is 25.1 Å². The minimum atomic E-state index is -4.32. The molecule has 2 aliphatic rings. The Morgan fingerprint density at radius 2 is 2.03 bits per heavy atom. The minimum absolute atomic E-state index is 0.00348. The summed E-state index contributed by atoms with van der Waals surface area (Å²) in [5, 5.41) is 7.69. The third kappa shape index (κ3) is 4.20. The van der Waals surface area contributed by atoms with Crippen molar-refractivity contribution in [1.82, 2.24) is 14.7 Å². The number of hydrogen-bond donors (Lipinski definition) is 1. The first-order valence-corrected chi connectivity index (χ1v) is 10.7. The molecule has 2 aromatic rings. The second kappa shape index (κ2) is 8.61. The van der Waals surface area contributed by atoms with Crippen molar-refractivity contribution in [2.24, 2.45) is 0 Å². The predicted molar refractivity (Wildman–Crippen MR) is 112 cm³/mol. The molecule has 3 atom stereocenters. The molecule has 1 N–H and O–H groups in total. The maximum atomic E-state index is 13.7. The molecule has 4 rings (SSSR count). The minimum Gasteiger partial charge on any atom is -0.493 e. The summed E-state index contributed by atoms with van der Waals surface area (Å²) in [4.78, 5) is 2.26. The van der Waals surface area contributed by atoms with Crippen molar-refractivity contribution in [3.8, 4) is 11.5 Å². The number of aromatic nitrogens is 2. The molecule has 1 aromatic carbocycles. The van der Waals surface area contributed by atoms with Gasteiger partial charge in [0.15, 0.2) is 17.5 Å². The van der Waals surface area contributed by atoms with Crippen LogP contribution in [0.25, 0.3) is 0 Å². The zero-order valence-corrected chi connectivity index (χ0v) is 18.1. The van der Waals surface area contributed by atoms with Gasteiger partial charge < -0.3 is 14.8 Å². The number of nitrogens with zero attached hydrogens (tertiary/aromatic N) is 3. The van der Waals surface area contributed by atoms with Crippen molar-refractivity contribution in [3.63, 3.8) is 0 Å². The molecule has 31 heavy (non-hydrogen) atoms. The Bertz CT molecular complexity index is 915. The Balaban J connectivity index is 1.61. The monoisotopic (exact) mass is 438 g/mol. The van der Waals surface area contributed by atoms with Gasteiger partial charge in [0.2, 0.25) is 0 Å². The van der Waals surface area contributed by atoms with E-state index in [0.29, 0.717) is 36.0 Å². The van der Waals surface area contributed by atoms with Crippen LogP contribution in [0.1, 0.15) is 55.9 Å². The number of alkyl halides is 3. The van der Waals surface area contributed by atoms with Gasteiger partial charge in [-0.1, -0.05) is 19.1 Å². The lowest BCUT2D eigenvalue weighted by Crippen LogP contribution is -2.38. The highest BCUT2D eigenvalue weighted by atomic mass is 19.4. The highest BCUT2D eigenvalue weighted by molar-refractivity contribution is 5.47. The van der Waals surface area contributed by atoms with E-state index in [1.165, 1.54) is 0 Å². The Kier molecular flexibility index (Phi) is 6.05. The number of nitrogens with one attached hydrogen (secondary N) is 1. The Morgan fingerprint density at radius 3 is 2.71 bits per heavy atom. The van der Waals surface area contributed by atoms with Crippen LogP contribution in [0.4, 0.5) is 19.0 Å². The number of hydrogen-bond acceptors (Lipinski definition) is 5. The standard InChI is InChI=1S/C22H29F3N4O2/c1-4-15-11-19(22(23,24)25)29-20(26-15)12-16(27-29)17-8-6-10-28(17)13-14-7-5-9-18(30-2)21(14)31-3/h5,7,9,12,15,17,19,26H,4,6,8,10-11,13H2,1-3H3/t15-,17?,19-/m1/s1. The van der Waals surface area contributed by atoms with Crippen molar-refractivity contribution >= 4 is 5.82 Å². The summed E-state index contributed by atoms with van der Waals surface area (Å²) in [6, 6.07) is 5.72. The predicted octanol–water partition coefficient (Wildman–Crippen LogP) is 4.94. The van der Waals surface area contributed by atoms with Crippen LogP contribution < -0.4 is 14.8 Å². The second-order valence-electron chi connectivity index (χ2n) is 8.22. The first-order valence-electron chi connectivity index (χ1n) is 10.7. The zero-order valence-electron chi connectivity index (χ0n) is 18.1. The van der Waals surface area contributed by atoms with Gasteiger partial charge in [-0.3, -0.25) is 4.90 Å². The molecule has 2 aliphatic heterocycles. The normalized spacial score (nSPS) is 24.0. The summed E-state index contributed by atoms with van der Waals surface area (Å²) < 4.78 is 53.2. The largest absolute Gasteiger partial charge is 0.493 e. The summed E-state index contributed by atoms with van der Waals surface area (Å²) in [6.07, 6.45) is -1.86. The molecular formula is C22H29F3N4O2. The van der Waals surface area contributed by atoms with E-state index >= 15 is 0 Å². The van der Waals surface area contributed by atoms with Crippen LogP contribution in [0.15, 0.2) is 24.3 Å². The summed E-state index contributed by atoms with van der Waals surface area (Å²) in [5.74, 6) is 1.81. The van der Waals surface area contributed by atoms with E-state index < -0.39 is 12.2 Å². The summed E-state index contributed by atoms with van der Waals surface area (Å²) in [6.45, 7) is 3.36. The maximum Gasteiger partial charge on any atom is 0.410 e. The van der Waals surface area contributed by atoms with Crippen molar-refractivity contribution in [3.05, 3.63) is 35.5 Å². The fourth-order valence-electron chi connectivity index (χ4n) is 4.75. The van der Waals surface area contributed by atoms with Crippen LogP contribution >= 0.6 is 0 Å². The quantitative estimate of drug-likeness (QED) is 0.693. The molecule has 0 saturated carbocycles. The first-order chi connectivity index (χ1) is 14.9. The third-order valence-corrected chi connectivity index (χ3v) is 6.34. The number of fused-ring (bicyclic) bond motifs is 1. The van der Waals surface area contributed by atoms with Crippen LogP contribution in [0.3, 0.4) is 0 Å². The average Bonchev–Trinajstić information content (AvgIpc) is 3.38. The van der Waals surface area contributed by atoms with Crippen molar-refractivity contribution in [2.75, 3.05) is 26.1 Å². The van der Waals surface area contributed by atoms with Gasteiger partial charge >= 0.3 is 6.18 Å². The number of para-hydroxylation sites is 1. The maximum absolute atomic E-state index is 13.7. The topological polar surface area (TPSA) is 51.6 Å². The van der Waals surface area contributed by atoms with Crippen molar-refractivity contribution < 1.29 is 22.6 Å². The third-order valence-electron chi connectivity index (χ3n) is 6.34. The molecule has 170 valence electrons. The van der Waals surface area contributed by atoms with Gasteiger partial charge in [0.05, 0.1) is 26.0 Å². The lowest BCUT2D eigenvalue weighted by Gasteiger charge is -2.32. The molecule has 1 fully saturated rings. The first kappa shape index (κ1) is 21.8. The lowest BCUT2D eigenvalue weighted by molar-refractivity contribution is -0.173. The number of rotatable bonds is 6. The molecular weight excluding hydrogens is 409 g/mol. The Hall–Kier alpha value is -2.42. The zero-order chi connectivity index (χ0) is 22.2. The van der Waals surface area contributed by atoms with Crippen LogP contribution in [-0.4, -0.2) is 47.7 Å². The molecule has 3 heterocycles. The molecule has 6 nitrogen and oxygen atoms in total. The van der Waals surface area contributed by atoms with E-state index in [2.05, 4.69) is 15.3 Å². The van der Waals surface area contributed by atoms with Crippen LogP contribution in [0.2, 0.25) is 0 Å². The SMILES string of the molecule is CC[C@@H]1C[C@H](C(F)(F)F)n2nc(C3CCCN3Cc3cccc(OC)c3OC)cc2N1. The fraction of sp³-hybridized carbons (Fsp3) is 0.591. The number of likely N-dealkylation sites (tertiary alicyclic amines) is 1. The number of halogens is 3.